The molecule has 1 amide bonds. The minimum Gasteiger partial charge on any atom is -0.454 e. The maximum absolute atomic E-state index is 12.7. The Morgan fingerprint density at radius 2 is 2.07 bits per heavy atom. The Bertz CT molecular complexity index is 892. The average molecular weight is 417 g/mol. The van der Waals surface area contributed by atoms with Gasteiger partial charge in [0.25, 0.3) is 5.91 Å². The second-order valence-electron chi connectivity index (χ2n) is 7.88. The number of ether oxygens (including phenoxy) is 2. The van der Waals surface area contributed by atoms with E-state index in [2.05, 4.69) is 34.6 Å². The summed E-state index contributed by atoms with van der Waals surface area (Å²) in [5.41, 5.74) is 1.91. The van der Waals surface area contributed by atoms with E-state index in [1.54, 1.807) is 0 Å². The lowest BCUT2D eigenvalue weighted by Crippen LogP contribution is -2.31. The molecular formula is C21H28N4O3S. The van der Waals surface area contributed by atoms with Gasteiger partial charge < -0.3 is 25.0 Å². The summed E-state index contributed by atoms with van der Waals surface area (Å²) in [6, 6.07) is 6.11. The molecule has 0 unspecified atom stereocenters. The highest BCUT2D eigenvalue weighted by Crippen LogP contribution is 2.51. The standard InChI is InChI=1S/C21H28N4O3S/c1-4-5-15-18(19(26)22-10-11-25(2)3)29-20(23-15)24-21(8-9-21)14-6-7-16-17(12-14)28-13-27-16/h6-7,12H,4-5,8-11,13H2,1-3H3,(H,22,26)(H,23,24). The number of rotatable bonds is 9. The van der Waals surface area contributed by atoms with Crippen molar-refractivity contribution in [2.45, 2.75) is 38.1 Å². The van der Waals surface area contributed by atoms with E-state index in [0.717, 1.165) is 59.4 Å². The molecule has 1 aliphatic carbocycles. The molecule has 29 heavy (non-hydrogen) atoms. The summed E-state index contributed by atoms with van der Waals surface area (Å²) in [6.45, 7) is 3.82. The Labute approximate surface area is 175 Å². The Morgan fingerprint density at radius 1 is 1.28 bits per heavy atom. The van der Waals surface area contributed by atoms with Crippen LogP contribution in [0.4, 0.5) is 5.13 Å². The summed E-state index contributed by atoms with van der Waals surface area (Å²) < 4.78 is 11.0. The normalized spacial score (nSPS) is 16.1. The molecule has 1 aromatic heterocycles. The summed E-state index contributed by atoms with van der Waals surface area (Å²) in [6.07, 6.45) is 3.81. The molecule has 1 aliphatic heterocycles. The van der Waals surface area contributed by atoms with Gasteiger partial charge in [-0.15, -0.1) is 0 Å². The van der Waals surface area contributed by atoms with Crippen molar-refractivity contribution in [3.8, 4) is 11.5 Å². The summed E-state index contributed by atoms with van der Waals surface area (Å²) >= 11 is 1.45. The van der Waals surface area contributed by atoms with Crippen molar-refractivity contribution < 1.29 is 14.3 Å². The number of benzene rings is 1. The van der Waals surface area contributed by atoms with Crippen LogP contribution in [0.1, 0.15) is 47.1 Å². The fraction of sp³-hybridized carbons (Fsp3) is 0.524. The number of nitrogens with one attached hydrogen (secondary N) is 2. The lowest BCUT2D eigenvalue weighted by atomic mass is 10.0. The summed E-state index contributed by atoms with van der Waals surface area (Å²) in [5.74, 6) is 1.55. The van der Waals surface area contributed by atoms with Gasteiger partial charge in [-0.3, -0.25) is 4.79 Å². The van der Waals surface area contributed by atoms with Gasteiger partial charge in [0, 0.05) is 13.1 Å². The lowest BCUT2D eigenvalue weighted by Gasteiger charge is -2.17. The van der Waals surface area contributed by atoms with Crippen LogP contribution < -0.4 is 20.1 Å². The van der Waals surface area contributed by atoms with Crippen molar-refractivity contribution >= 4 is 22.4 Å². The molecule has 7 nitrogen and oxygen atoms in total. The number of hydrogen-bond acceptors (Lipinski definition) is 7. The zero-order valence-electron chi connectivity index (χ0n) is 17.2. The first-order chi connectivity index (χ1) is 14.0. The molecule has 0 spiro atoms. The number of thiazole rings is 1. The SMILES string of the molecule is CCCc1nc(NC2(c3ccc4c(c3)OCO4)CC2)sc1C(=O)NCCN(C)C. The largest absolute Gasteiger partial charge is 0.454 e. The van der Waals surface area contributed by atoms with E-state index >= 15 is 0 Å². The molecule has 4 rings (SSSR count). The minimum absolute atomic E-state index is 0.0335. The first-order valence-electron chi connectivity index (χ1n) is 10.1. The molecule has 156 valence electrons. The number of fused-ring (bicyclic) bond motifs is 1. The molecule has 8 heteroatoms. The van der Waals surface area contributed by atoms with E-state index in [1.807, 2.05) is 20.2 Å². The van der Waals surface area contributed by atoms with Crippen LogP contribution in [-0.2, 0) is 12.0 Å². The van der Waals surface area contributed by atoms with Crippen molar-refractivity contribution in [2.75, 3.05) is 39.3 Å². The van der Waals surface area contributed by atoms with Crippen LogP contribution in [0.2, 0.25) is 0 Å². The molecular weight excluding hydrogens is 388 g/mol. The number of amides is 1. The third kappa shape index (κ3) is 4.33. The topological polar surface area (TPSA) is 75.7 Å². The van der Waals surface area contributed by atoms with E-state index in [9.17, 15) is 4.79 Å². The van der Waals surface area contributed by atoms with Gasteiger partial charge in [0.05, 0.1) is 11.2 Å². The monoisotopic (exact) mass is 416 g/mol. The van der Waals surface area contributed by atoms with Crippen LogP contribution in [0.5, 0.6) is 11.5 Å². The average Bonchev–Trinajstić information content (AvgIpc) is 3.13. The Kier molecular flexibility index (Phi) is 5.65. The lowest BCUT2D eigenvalue weighted by molar-refractivity contribution is 0.0954. The van der Waals surface area contributed by atoms with E-state index < -0.39 is 0 Å². The highest BCUT2D eigenvalue weighted by molar-refractivity contribution is 7.17. The van der Waals surface area contributed by atoms with Gasteiger partial charge in [-0.05, 0) is 51.1 Å². The van der Waals surface area contributed by atoms with E-state index in [4.69, 9.17) is 14.5 Å². The van der Waals surface area contributed by atoms with Crippen LogP contribution in [-0.4, -0.2) is 49.8 Å². The van der Waals surface area contributed by atoms with E-state index in [0.29, 0.717) is 6.54 Å². The van der Waals surface area contributed by atoms with Gasteiger partial charge >= 0.3 is 0 Å². The first kappa shape index (κ1) is 20.0. The van der Waals surface area contributed by atoms with Crippen LogP contribution in [0.15, 0.2) is 18.2 Å². The highest BCUT2D eigenvalue weighted by atomic mass is 32.1. The Hall–Kier alpha value is -2.32. The maximum atomic E-state index is 12.7. The van der Waals surface area contributed by atoms with Gasteiger partial charge in [0.1, 0.15) is 4.88 Å². The van der Waals surface area contributed by atoms with Crippen molar-refractivity contribution in [3.05, 3.63) is 34.3 Å². The number of aromatic nitrogens is 1. The molecule has 2 aromatic rings. The molecule has 0 radical (unpaired) electrons. The second kappa shape index (κ2) is 8.20. The van der Waals surface area contributed by atoms with Gasteiger partial charge in [0.2, 0.25) is 6.79 Å². The predicted octanol–water partition coefficient (Wildman–Crippen LogP) is 3.22. The fourth-order valence-electron chi connectivity index (χ4n) is 3.47. The molecule has 0 atom stereocenters. The zero-order chi connectivity index (χ0) is 20.4. The van der Waals surface area contributed by atoms with Crippen molar-refractivity contribution in [2.24, 2.45) is 0 Å². The second-order valence-corrected chi connectivity index (χ2v) is 8.88. The van der Waals surface area contributed by atoms with Crippen molar-refractivity contribution in [3.63, 3.8) is 0 Å². The molecule has 2 heterocycles. The molecule has 2 aliphatic rings. The molecule has 0 bridgehead atoms. The van der Waals surface area contributed by atoms with Crippen LogP contribution >= 0.6 is 11.3 Å². The number of anilines is 1. The Morgan fingerprint density at radius 3 is 2.79 bits per heavy atom. The number of nitrogens with zero attached hydrogens (tertiary/aromatic N) is 2. The number of carbonyl (C=O) groups excluding carboxylic acids is 1. The molecule has 1 saturated carbocycles. The first-order valence-corrected chi connectivity index (χ1v) is 10.9. The maximum Gasteiger partial charge on any atom is 0.263 e. The van der Waals surface area contributed by atoms with Crippen LogP contribution in [0.3, 0.4) is 0 Å². The number of carbonyl (C=O) groups is 1. The van der Waals surface area contributed by atoms with Crippen molar-refractivity contribution in [1.29, 1.82) is 0 Å². The third-order valence-electron chi connectivity index (χ3n) is 5.26. The predicted molar refractivity (Wildman–Crippen MR) is 114 cm³/mol. The smallest absolute Gasteiger partial charge is 0.263 e. The summed E-state index contributed by atoms with van der Waals surface area (Å²) in [4.78, 5) is 20.2. The molecule has 2 N–H and O–H groups in total. The number of likely N-dealkylation sites (N-methyl/N-ethyl adjacent to an activating group) is 1. The molecule has 1 fully saturated rings. The van der Waals surface area contributed by atoms with Crippen LogP contribution in [0.25, 0.3) is 0 Å². The third-order valence-corrected chi connectivity index (χ3v) is 6.27. The quantitative estimate of drug-likeness (QED) is 0.654. The Balaban J connectivity index is 1.50. The number of hydrogen-bond donors (Lipinski definition) is 2. The van der Waals surface area contributed by atoms with Gasteiger partial charge in [-0.25, -0.2) is 4.98 Å². The highest BCUT2D eigenvalue weighted by Gasteiger charge is 2.45. The summed E-state index contributed by atoms with van der Waals surface area (Å²) in [5, 5.41) is 7.43. The van der Waals surface area contributed by atoms with E-state index in [-0.39, 0.29) is 18.2 Å². The number of aryl methyl sites for hydroxylation is 1. The van der Waals surface area contributed by atoms with Gasteiger partial charge in [-0.1, -0.05) is 30.7 Å². The minimum atomic E-state index is -0.138. The zero-order valence-corrected chi connectivity index (χ0v) is 18.0. The molecule has 1 aromatic carbocycles. The van der Waals surface area contributed by atoms with Crippen LogP contribution in [0, 0.1) is 0 Å². The van der Waals surface area contributed by atoms with Gasteiger partial charge in [-0.2, -0.15) is 0 Å². The summed E-state index contributed by atoms with van der Waals surface area (Å²) in [7, 11) is 3.99. The molecule has 0 saturated heterocycles. The van der Waals surface area contributed by atoms with Crippen molar-refractivity contribution in [1.82, 2.24) is 15.2 Å². The van der Waals surface area contributed by atoms with E-state index in [1.165, 1.54) is 16.9 Å². The van der Waals surface area contributed by atoms with Gasteiger partial charge in [0.15, 0.2) is 16.6 Å². The fourth-order valence-corrected chi connectivity index (χ4v) is 4.50.